The van der Waals surface area contributed by atoms with Crippen LogP contribution in [-0.4, -0.2) is 41.1 Å². The quantitative estimate of drug-likeness (QED) is 0.106. The minimum Gasteiger partial charge on any atom is -0.300 e. The zero-order valence-electron chi connectivity index (χ0n) is 31.7. The van der Waals surface area contributed by atoms with Crippen LogP contribution in [0, 0.1) is 11.2 Å². The molecule has 2 heterocycles. The summed E-state index contributed by atoms with van der Waals surface area (Å²) < 4.78 is 16.3. The summed E-state index contributed by atoms with van der Waals surface area (Å²) in [4.78, 5) is 35.8. The van der Waals surface area contributed by atoms with Gasteiger partial charge in [0.05, 0.1) is 15.5 Å². The van der Waals surface area contributed by atoms with E-state index in [1.807, 2.05) is 100 Å². The highest BCUT2D eigenvalue weighted by Crippen LogP contribution is 2.53. The minimum atomic E-state index is -0.673. The van der Waals surface area contributed by atoms with Gasteiger partial charge in [0.15, 0.2) is 5.78 Å². The maximum atomic E-state index is 13.5. The van der Waals surface area contributed by atoms with Crippen molar-refractivity contribution in [1.82, 2.24) is 29.5 Å². The minimum absolute atomic E-state index is 0.0220. The molecule has 2 aromatic heterocycles. The number of aromatic nitrogens is 6. The zero-order valence-corrected chi connectivity index (χ0v) is 35.6. The van der Waals surface area contributed by atoms with E-state index in [-0.39, 0.29) is 22.6 Å². The van der Waals surface area contributed by atoms with Crippen LogP contribution in [0.25, 0.3) is 0 Å². The van der Waals surface area contributed by atoms with Crippen molar-refractivity contribution < 1.29 is 14.0 Å². The van der Waals surface area contributed by atoms with Crippen LogP contribution in [0.5, 0.6) is 0 Å². The number of rotatable bonds is 13. The Kier molecular flexibility index (Phi) is 14.3. The lowest BCUT2D eigenvalue weighted by Crippen LogP contribution is -2.49. The van der Waals surface area contributed by atoms with E-state index in [4.69, 9.17) is 34.8 Å². The van der Waals surface area contributed by atoms with Gasteiger partial charge in [-0.1, -0.05) is 79.8 Å². The lowest BCUT2D eigenvalue weighted by atomic mass is 9.77. The second-order valence-electron chi connectivity index (χ2n) is 14.6. The van der Waals surface area contributed by atoms with Crippen LogP contribution in [0.3, 0.4) is 0 Å². The molecule has 0 fully saturated rings. The maximum absolute atomic E-state index is 13.5. The third-order valence-electron chi connectivity index (χ3n) is 9.37. The van der Waals surface area contributed by atoms with E-state index in [0.29, 0.717) is 21.5 Å². The van der Waals surface area contributed by atoms with Gasteiger partial charge in [0.25, 0.3) is 0 Å². The molecule has 0 aliphatic carbocycles. The van der Waals surface area contributed by atoms with Crippen molar-refractivity contribution in [1.29, 1.82) is 0 Å². The molecule has 14 heteroatoms. The van der Waals surface area contributed by atoms with Crippen LogP contribution in [0.4, 0.5) is 4.39 Å². The Morgan fingerprint density at radius 1 is 0.714 bits per heavy atom. The average Bonchev–Trinajstić information content (AvgIpc) is 3.90. The van der Waals surface area contributed by atoms with Crippen LogP contribution in [0.15, 0.2) is 132 Å². The van der Waals surface area contributed by atoms with E-state index in [9.17, 15) is 14.0 Å². The number of nitrogens with zero attached hydrogens (tertiary/aromatic N) is 6. The first-order valence-electron chi connectivity index (χ1n) is 17.6. The predicted molar refractivity (Wildman–Crippen MR) is 225 cm³/mol. The van der Waals surface area contributed by atoms with Crippen LogP contribution in [-0.2, 0) is 19.9 Å². The van der Waals surface area contributed by atoms with Gasteiger partial charge in [-0.2, -0.15) is 10.2 Å². The molecule has 4 unspecified atom stereocenters. The van der Waals surface area contributed by atoms with E-state index < -0.39 is 21.7 Å². The SMILES string of the molecule is CC(=O)CC(C)(n1cncn1)C(C)(Sc1ccc(Cl)cc1)c1ccc(Cl)cc1.CC(C)(C)C(=O)C(C(Sc1ccc(Cl)cc1)c1ccc(F)cc1)n1cncn1. The van der Waals surface area contributed by atoms with Gasteiger partial charge >= 0.3 is 0 Å². The van der Waals surface area contributed by atoms with Crippen molar-refractivity contribution in [3.63, 3.8) is 0 Å². The van der Waals surface area contributed by atoms with Gasteiger partial charge in [-0.15, -0.1) is 23.5 Å². The number of ketones is 2. The van der Waals surface area contributed by atoms with Gasteiger partial charge in [-0.05, 0) is 105 Å². The maximum Gasteiger partial charge on any atom is 0.164 e. The third kappa shape index (κ3) is 10.5. The molecule has 4 atom stereocenters. The summed E-state index contributed by atoms with van der Waals surface area (Å²) >= 11 is 21.4. The van der Waals surface area contributed by atoms with Crippen molar-refractivity contribution in [2.45, 2.75) is 79.3 Å². The number of Topliss-reactive ketones (excluding diaryl/α,β-unsaturated/α-hetero) is 2. The summed E-state index contributed by atoms with van der Waals surface area (Å²) in [5, 5.41) is 10.3. The molecule has 4 aromatic carbocycles. The summed E-state index contributed by atoms with van der Waals surface area (Å²) in [5.74, 6) is -0.220. The Hall–Kier alpha value is -4.00. The Bertz CT molecular complexity index is 2180. The van der Waals surface area contributed by atoms with Gasteiger partial charge in [0, 0.05) is 36.7 Å². The number of hydrogen-bond acceptors (Lipinski definition) is 8. The van der Waals surface area contributed by atoms with E-state index in [0.717, 1.165) is 20.9 Å². The molecule has 292 valence electrons. The number of carbonyl (C=O) groups excluding carboxylic acids is 2. The molecular weight excluding hydrogens is 810 g/mol. The molecular formula is C42H42Cl3FN6O2S2. The highest BCUT2D eigenvalue weighted by Gasteiger charge is 2.50. The van der Waals surface area contributed by atoms with Crippen molar-refractivity contribution in [3.8, 4) is 0 Å². The zero-order chi connectivity index (χ0) is 40.7. The van der Waals surface area contributed by atoms with Crippen LogP contribution >= 0.6 is 58.3 Å². The van der Waals surface area contributed by atoms with E-state index in [2.05, 4.69) is 27.1 Å². The first-order valence-corrected chi connectivity index (χ1v) is 20.4. The van der Waals surface area contributed by atoms with Crippen LogP contribution < -0.4 is 0 Å². The predicted octanol–water partition coefficient (Wildman–Crippen LogP) is 11.7. The number of thioether (sulfide) groups is 2. The van der Waals surface area contributed by atoms with Crippen molar-refractivity contribution in [2.24, 2.45) is 5.41 Å². The second-order valence-corrected chi connectivity index (χ2v) is 18.6. The molecule has 56 heavy (non-hydrogen) atoms. The molecule has 0 spiro atoms. The summed E-state index contributed by atoms with van der Waals surface area (Å²) in [7, 11) is 0. The molecule has 0 saturated carbocycles. The fraction of sp³-hybridized carbons (Fsp3) is 0.286. The van der Waals surface area contributed by atoms with E-state index >= 15 is 0 Å². The Balaban J connectivity index is 0.000000214. The van der Waals surface area contributed by atoms with Crippen molar-refractivity contribution in [3.05, 3.63) is 154 Å². The highest BCUT2D eigenvalue weighted by molar-refractivity contribution is 8.00. The largest absolute Gasteiger partial charge is 0.300 e. The third-order valence-corrected chi connectivity index (χ3v) is 13.0. The van der Waals surface area contributed by atoms with E-state index in [1.165, 1.54) is 36.5 Å². The lowest BCUT2D eigenvalue weighted by Gasteiger charge is -2.46. The Morgan fingerprint density at radius 3 is 1.71 bits per heavy atom. The van der Waals surface area contributed by atoms with E-state index in [1.54, 1.807) is 52.8 Å². The average molecular weight is 852 g/mol. The molecule has 0 amide bonds. The molecule has 6 rings (SSSR count). The molecule has 0 bridgehead atoms. The molecule has 6 aromatic rings. The molecule has 8 nitrogen and oxygen atoms in total. The first kappa shape index (κ1) is 43.1. The standard InChI is InChI=1S/C21H21Cl2N3OS.C21H21ClFN3OS/c1-15(27)12-20(2,26-14-24-13-25-26)21(3,16-4-6-17(22)7-5-16)28-19-10-8-18(23)9-11-19;1-21(2,3)20(27)18(26-13-24-12-25-26)19(14-4-8-16(23)9-5-14)28-17-10-6-15(22)7-11-17/h4-11,13-14H,12H2,1-3H3;4-13,18-19H,1-3H3. The Morgan fingerprint density at radius 2 is 1.23 bits per heavy atom. The van der Waals surface area contributed by atoms with Gasteiger partial charge in [0.2, 0.25) is 0 Å². The summed E-state index contributed by atoms with van der Waals surface area (Å²) in [5.41, 5.74) is 0.610. The van der Waals surface area contributed by atoms with Gasteiger partial charge < -0.3 is 0 Å². The molecule has 0 radical (unpaired) electrons. The van der Waals surface area contributed by atoms with Crippen molar-refractivity contribution in [2.75, 3.05) is 0 Å². The fourth-order valence-electron chi connectivity index (χ4n) is 6.23. The van der Waals surface area contributed by atoms with Crippen molar-refractivity contribution >= 4 is 69.9 Å². The smallest absolute Gasteiger partial charge is 0.164 e. The normalized spacial score (nSPS) is 14.8. The number of benzene rings is 4. The second kappa shape index (κ2) is 18.5. The van der Waals surface area contributed by atoms with Crippen LogP contribution in [0.2, 0.25) is 15.1 Å². The number of halogens is 4. The van der Waals surface area contributed by atoms with Gasteiger partial charge in [-0.3, -0.25) is 9.59 Å². The van der Waals surface area contributed by atoms with Gasteiger partial charge in [-0.25, -0.2) is 23.7 Å². The highest BCUT2D eigenvalue weighted by atomic mass is 35.5. The Labute approximate surface area is 350 Å². The monoisotopic (exact) mass is 850 g/mol. The molecule has 0 aliphatic heterocycles. The topological polar surface area (TPSA) is 95.6 Å². The lowest BCUT2D eigenvalue weighted by molar-refractivity contribution is -0.130. The molecule has 0 aliphatic rings. The summed E-state index contributed by atoms with van der Waals surface area (Å²) in [6, 6.07) is 28.5. The molecule has 0 N–H and O–H groups in total. The first-order chi connectivity index (χ1) is 26.5. The van der Waals surface area contributed by atoms with Crippen LogP contribution in [0.1, 0.15) is 70.4 Å². The number of hydrogen-bond donors (Lipinski definition) is 0. The number of carbonyl (C=O) groups is 2. The molecule has 0 saturated heterocycles. The van der Waals surface area contributed by atoms with Gasteiger partial charge in [0.1, 0.15) is 43.0 Å². The fourth-order valence-corrected chi connectivity index (χ4v) is 9.25. The summed E-state index contributed by atoms with van der Waals surface area (Å²) in [6.07, 6.45) is 6.42. The summed E-state index contributed by atoms with van der Waals surface area (Å²) in [6.45, 7) is 11.4.